The van der Waals surface area contributed by atoms with Gasteiger partial charge in [-0.05, 0) is 24.7 Å². The molecule has 0 bridgehead atoms. The van der Waals surface area contributed by atoms with Crippen molar-refractivity contribution in [2.75, 3.05) is 26.2 Å². The van der Waals surface area contributed by atoms with Gasteiger partial charge in [0.1, 0.15) is 42.4 Å². The van der Waals surface area contributed by atoms with Gasteiger partial charge in [-0.25, -0.2) is 0 Å². The van der Waals surface area contributed by atoms with Crippen LogP contribution in [0.25, 0.3) is 0 Å². The molecule has 9 atom stereocenters. The molecule has 0 spiro atoms. The minimum atomic E-state index is -1.90. The predicted molar refractivity (Wildman–Crippen MR) is 201 cm³/mol. The standard InChI is InChI=1S/C35H58N12O9/c36-34-39-13-21(44-34)27(50)25-32(55)43-23(16-48)29(52)38-15-24(49)41-19(11-17-7-3-1-4-8-17)30(53)42-20(12-18-9-5-2-6-10-18)31(54)46-26(33(56)47-25)28(51)22-14-40-35(37)45-22/h17-23,25-28,48,50-51H,1-16H2,(H,38,52)(H,41,49)(H,42,53)(H,43,55)(H,46,54)(H,47,56)(H3,36,39,44)(H3,37,40,45)/t19-,20-,21?,22?,23-,25+,26-,27?,28?/m0/s1/i18D. The van der Waals surface area contributed by atoms with E-state index in [2.05, 4.69) is 52.5 Å². The molecule has 2 aliphatic carbocycles. The summed E-state index contributed by atoms with van der Waals surface area (Å²) in [4.78, 5) is 91.1. The third-order valence-corrected chi connectivity index (χ3v) is 11.1. The molecule has 6 amide bonds. The zero-order chi connectivity index (χ0) is 41.3. The van der Waals surface area contributed by atoms with Crippen LogP contribution in [0, 0.1) is 11.8 Å². The Morgan fingerprint density at radius 2 is 1.09 bits per heavy atom. The highest BCUT2D eigenvalue weighted by molar-refractivity contribution is 5.98. The molecule has 3 heterocycles. The van der Waals surface area contributed by atoms with Gasteiger partial charge in [0.2, 0.25) is 35.4 Å². The fourth-order valence-electron chi connectivity index (χ4n) is 7.92. The summed E-state index contributed by atoms with van der Waals surface area (Å²) in [7, 11) is 0. The van der Waals surface area contributed by atoms with Crippen molar-refractivity contribution in [3.05, 3.63) is 0 Å². The van der Waals surface area contributed by atoms with E-state index >= 15 is 0 Å². The van der Waals surface area contributed by atoms with E-state index in [-0.39, 0.29) is 43.8 Å². The molecule has 1 saturated heterocycles. The van der Waals surface area contributed by atoms with E-state index in [1.807, 2.05) is 0 Å². The van der Waals surface area contributed by atoms with Crippen LogP contribution >= 0.6 is 0 Å². The van der Waals surface area contributed by atoms with Crippen LogP contribution in [-0.2, 0) is 28.8 Å². The van der Waals surface area contributed by atoms with Gasteiger partial charge in [0.25, 0.3) is 0 Å². The summed E-state index contributed by atoms with van der Waals surface area (Å²) in [5.41, 5.74) is 11.5. The molecule has 21 nitrogen and oxygen atoms in total. The Kier molecular flexibility index (Phi) is 14.5. The second-order valence-electron chi connectivity index (χ2n) is 15.3. The predicted octanol–water partition coefficient (Wildman–Crippen LogP) is -5.23. The van der Waals surface area contributed by atoms with Gasteiger partial charge in [-0.3, -0.25) is 38.8 Å². The molecule has 3 aliphatic heterocycles. The zero-order valence-electron chi connectivity index (χ0n) is 32.4. The largest absolute Gasteiger partial charge is 0.394 e. The molecule has 0 aromatic rings. The van der Waals surface area contributed by atoms with Gasteiger partial charge < -0.3 is 69.3 Å². The van der Waals surface area contributed by atoms with Crippen LogP contribution in [0.15, 0.2) is 9.98 Å². The Balaban J connectivity index is 1.52. The van der Waals surface area contributed by atoms with Gasteiger partial charge in [0.05, 0.1) is 38.3 Å². The second-order valence-corrected chi connectivity index (χ2v) is 15.3. The fourth-order valence-corrected chi connectivity index (χ4v) is 7.92. The van der Waals surface area contributed by atoms with E-state index in [9.17, 15) is 45.5 Å². The summed E-state index contributed by atoms with van der Waals surface area (Å²) in [6, 6.07) is -10.0. The van der Waals surface area contributed by atoms with Gasteiger partial charge in [-0.2, -0.15) is 0 Å². The smallest absolute Gasteiger partial charge is 0.246 e. The van der Waals surface area contributed by atoms with Crippen LogP contribution in [0.4, 0.5) is 0 Å². The lowest BCUT2D eigenvalue weighted by atomic mass is 9.83. The number of carbonyl (C=O) groups is 6. The summed E-state index contributed by atoms with van der Waals surface area (Å²) < 4.78 is 9.22. The number of nitrogens with one attached hydrogen (secondary N) is 8. The quantitative estimate of drug-likeness (QED) is 0.104. The van der Waals surface area contributed by atoms with E-state index in [0.29, 0.717) is 12.8 Å². The summed E-state index contributed by atoms with van der Waals surface area (Å²) in [6.07, 6.45) is 4.33. The Hall–Kier alpha value is -4.76. The maximum atomic E-state index is 14.4. The van der Waals surface area contributed by atoms with Gasteiger partial charge in [0.15, 0.2) is 11.9 Å². The third-order valence-electron chi connectivity index (χ3n) is 11.1. The number of aliphatic imine (C=N–C) groups is 2. The van der Waals surface area contributed by atoms with Crippen LogP contribution < -0.4 is 54.0 Å². The Morgan fingerprint density at radius 3 is 1.62 bits per heavy atom. The van der Waals surface area contributed by atoms with E-state index in [4.69, 9.17) is 11.5 Å². The zero-order valence-corrected chi connectivity index (χ0v) is 31.4. The number of aliphatic hydroxyl groups is 3. The van der Waals surface area contributed by atoms with Crippen molar-refractivity contribution in [2.24, 2.45) is 33.3 Å². The lowest BCUT2D eigenvalue weighted by Gasteiger charge is -2.34. The van der Waals surface area contributed by atoms with Crippen molar-refractivity contribution in [1.82, 2.24) is 42.5 Å². The number of hydrogen-bond donors (Lipinski definition) is 13. The number of nitrogens with zero attached hydrogens (tertiary/aromatic N) is 2. The number of aliphatic hydroxyl groups excluding tert-OH is 3. The summed E-state index contributed by atoms with van der Waals surface area (Å²) in [6.45, 7) is -1.82. The van der Waals surface area contributed by atoms with Gasteiger partial charge in [0, 0.05) is 1.37 Å². The van der Waals surface area contributed by atoms with Crippen LogP contribution in [0.5, 0.6) is 0 Å². The molecule has 5 aliphatic rings. The second kappa shape index (κ2) is 19.9. The van der Waals surface area contributed by atoms with Gasteiger partial charge in [-0.15, -0.1) is 0 Å². The molecule has 312 valence electrons. The summed E-state index contributed by atoms with van der Waals surface area (Å²) in [5, 5.41) is 53.4. The lowest BCUT2D eigenvalue weighted by molar-refractivity contribution is -0.139. The van der Waals surface area contributed by atoms with E-state index in [1.54, 1.807) is 0 Å². The molecular formula is C35H58N12O9. The van der Waals surface area contributed by atoms with Crippen molar-refractivity contribution < 1.29 is 45.5 Å². The Bertz CT molecular complexity index is 1560. The number of guanidine groups is 2. The molecular weight excluding hydrogens is 732 g/mol. The molecule has 2 saturated carbocycles. The molecule has 0 aromatic carbocycles. The first kappa shape index (κ1) is 40.9. The summed E-state index contributed by atoms with van der Waals surface area (Å²) >= 11 is 0. The first-order valence-electron chi connectivity index (χ1n) is 20.0. The molecule has 21 heteroatoms. The summed E-state index contributed by atoms with van der Waals surface area (Å²) in [5.74, 6) is -6.84. The third kappa shape index (κ3) is 11.4. The van der Waals surface area contributed by atoms with Crippen LogP contribution in [0.2, 0.25) is 0 Å². The van der Waals surface area contributed by atoms with Crippen molar-refractivity contribution in [2.45, 2.75) is 132 Å². The van der Waals surface area contributed by atoms with Crippen molar-refractivity contribution >= 4 is 47.4 Å². The highest BCUT2D eigenvalue weighted by atomic mass is 16.3. The highest BCUT2D eigenvalue weighted by Gasteiger charge is 2.43. The fraction of sp³-hybridized carbons (Fsp3) is 0.771. The van der Waals surface area contributed by atoms with Gasteiger partial charge >= 0.3 is 0 Å². The molecule has 4 unspecified atom stereocenters. The van der Waals surface area contributed by atoms with E-state index < -0.39 is 109 Å². The van der Waals surface area contributed by atoms with Crippen LogP contribution in [-0.4, -0.2) is 143 Å². The number of nitrogens with two attached hydrogens (primary N) is 2. The highest BCUT2D eigenvalue weighted by Crippen LogP contribution is 2.29. The number of hydrogen-bond acceptors (Lipinski definition) is 15. The topological polar surface area (TPSA) is 336 Å². The number of amides is 6. The van der Waals surface area contributed by atoms with Crippen LogP contribution in [0.1, 0.15) is 78.4 Å². The Morgan fingerprint density at radius 1 is 0.607 bits per heavy atom. The first-order chi connectivity index (χ1) is 27.2. The normalized spacial score (nSPS) is 32.8. The van der Waals surface area contributed by atoms with Crippen molar-refractivity contribution in [3.8, 4) is 0 Å². The van der Waals surface area contributed by atoms with E-state index in [1.165, 1.54) is 0 Å². The maximum Gasteiger partial charge on any atom is 0.246 e. The molecule has 3 fully saturated rings. The molecule has 56 heavy (non-hydrogen) atoms. The number of rotatable bonds is 9. The lowest BCUT2D eigenvalue weighted by Crippen LogP contribution is -2.67. The maximum absolute atomic E-state index is 14.4. The minimum absolute atomic E-state index is 0.0403. The Labute approximate surface area is 326 Å². The molecule has 5 rings (SSSR count). The molecule has 15 N–H and O–H groups in total. The van der Waals surface area contributed by atoms with E-state index in [0.717, 1.165) is 51.4 Å². The van der Waals surface area contributed by atoms with Crippen molar-refractivity contribution in [3.63, 3.8) is 0 Å². The van der Waals surface area contributed by atoms with Crippen molar-refractivity contribution in [1.29, 1.82) is 0 Å². The number of carbonyl (C=O) groups excluding carboxylic acids is 6. The average molecular weight is 792 g/mol. The molecule has 0 radical (unpaired) electrons. The average Bonchev–Trinajstić information content (AvgIpc) is 3.83. The monoisotopic (exact) mass is 791 g/mol. The SMILES string of the molecule is [2H]C1(C[C@@H]2NC(=O)[C@H](CC3CCCCC3)NC(=O)CNC(=O)[C@H](CO)NC(=O)[C@@H](C(O)C3CN=C(N)N3)NC(=O)[C@H](C(O)C3CN=C(N)N3)NC2=O)CCCCC1. The first-order valence-corrected chi connectivity index (χ1v) is 19.5. The van der Waals surface area contributed by atoms with Crippen LogP contribution in [0.3, 0.4) is 0 Å². The molecule has 0 aromatic heterocycles. The minimum Gasteiger partial charge on any atom is -0.394 e. The van der Waals surface area contributed by atoms with Gasteiger partial charge in [-0.1, -0.05) is 64.2 Å².